The van der Waals surface area contributed by atoms with Gasteiger partial charge in [0.25, 0.3) is 5.91 Å². The molecule has 1 N–H and O–H groups in total. The lowest BCUT2D eigenvalue weighted by Crippen LogP contribution is -2.27. The van der Waals surface area contributed by atoms with E-state index in [1.165, 1.54) is 5.56 Å². The molecule has 1 amide bonds. The van der Waals surface area contributed by atoms with Gasteiger partial charge in [-0.2, -0.15) is 5.26 Å². The van der Waals surface area contributed by atoms with Crippen molar-refractivity contribution < 1.29 is 9.53 Å². The predicted octanol–water partition coefficient (Wildman–Crippen LogP) is 6.12. The Bertz CT molecular complexity index is 1130. The third kappa shape index (κ3) is 6.31. The summed E-state index contributed by atoms with van der Waals surface area (Å²) >= 11 is 3.52. The van der Waals surface area contributed by atoms with Gasteiger partial charge in [-0.3, -0.25) is 4.79 Å². The molecule has 3 aromatic carbocycles. The van der Waals surface area contributed by atoms with Crippen molar-refractivity contribution >= 4 is 27.9 Å². The van der Waals surface area contributed by atoms with Gasteiger partial charge < -0.3 is 10.1 Å². The number of nitrogens with zero attached hydrogens (tertiary/aromatic N) is 1. The third-order valence-electron chi connectivity index (χ3n) is 4.76. The number of benzene rings is 3. The molecular weight excluding hydrogens is 452 g/mol. The number of rotatable bonds is 7. The van der Waals surface area contributed by atoms with Crippen LogP contribution < -0.4 is 10.1 Å². The van der Waals surface area contributed by atoms with E-state index in [1.807, 2.05) is 86.6 Å². The zero-order chi connectivity index (χ0) is 22.2. The number of amides is 1. The second kappa shape index (κ2) is 10.6. The Labute approximate surface area is 191 Å². The Kier molecular flexibility index (Phi) is 7.64. The van der Waals surface area contributed by atoms with Crippen molar-refractivity contribution in [3.8, 4) is 11.8 Å². The average molecular weight is 475 g/mol. The number of nitrogens with one attached hydrogen (secondary N) is 1. The highest BCUT2D eigenvalue weighted by atomic mass is 79.9. The van der Waals surface area contributed by atoms with E-state index in [0.717, 1.165) is 21.2 Å². The highest BCUT2D eigenvalue weighted by Crippen LogP contribution is 2.28. The molecule has 5 heteroatoms. The number of carbonyl (C=O) groups excluding carboxylic acids is 1. The fourth-order valence-corrected chi connectivity index (χ4v) is 3.61. The molecule has 3 rings (SSSR count). The molecule has 0 bridgehead atoms. The second-order valence-electron chi connectivity index (χ2n) is 7.24. The van der Waals surface area contributed by atoms with E-state index in [2.05, 4.69) is 27.3 Å². The molecule has 0 radical (unpaired) electrons. The summed E-state index contributed by atoms with van der Waals surface area (Å²) in [6, 6.07) is 25.1. The largest absolute Gasteiger partial charge is 0.488 e. The van der Waals surface area contributed by atoms with E-state index in [-0.39, 0.29) is 11.6 Å². The number of halogens is 1. The van der Waals surface area contributed by atoms with Crippen LogP contribution in [-0.2, 0) is 11.4 Å². The smallest absolute Gasteiger partial charge is 0.262 e. The number of hydrogen-bond donors (Lipinski definition) is 1. The first kappa shape index (κ1) is 22.3. The van der Waals surface area contributed by atoms with Crippen molar-refractivity contribution in [1.82, 2.24) is 5.32 Å². The van der Waals surface area contributed by atoms with Crippen molar-refractivity contribution in [2.24, 2.45) is 0 Å². The number of hydrogen-bond acceptors (Lipinski definition) is 3. The van der Waals surface area contributed by atoms with E-state index >= 15 is 0 Å². The summed E-state index contributed by atoms with van der Waals surface area (Å²) in [6.07, 6.45) is 1.57. The number of aryl methyl sites for hydroxylation is 1. The maximum Gasteiger partial charge on any atom is 0.262 e. The molecule has 0 aliphatic carbocycles. The first-order chi connectivity index (χ1) is 15.0. The molecule has 3 aromatic rings. The maximum atomic E-state index is 12.6. The summed E-state index contributed by atoms with van der Waals surface area (Å²) in [5.41, 5.74) is 4.03. The van der Waals surface area contributed by atoms with Crippen molar-refractivity contribution in [2.75, 3.05) is 0 Å². The molecule has 0 unspecified atom stereocenters. The molecular formula is C26H23BrN2O2. The Morgan fingerprint density at radius 3 is 2.58 bits per heavy atom. The predicted molar refractivity (Wildman–Crippen MR) is 126 cm³/mol. The Balaban J connectivity index is 1.68. The minimum atomic E-state index is -0.408. The first-order valence-electron chi connectivity index (χ1n) is 9.92. The minimum Gasteiger partial charge on any atom is -0.488 e. The summed E-state index contributed by atoms with van der Waals surface area (Å²) in [6.45, 7) is 4.39. The SMILES string of the molecule is Cc1cccc(COc2ccc(/C=C(/C#N)C(=O)N[C@@H](C)c3ccccc3)cc2Br)c1. The van der Waals surface area contributed by atoms with Crippen molar-refractivity contribution in [1.29, 1.82) is 5.26 Å². The second-order valence-corrected chi connectivity index (χ2v) is 8.10. The summed E-state index contributed by atoms with van der Waals surface area (Å²) in [7, 11) is 0. The lowest BCUT2D eigenvalue weighted by Gasteiger charge is -2.14. The zero-order valence-corrected chi connectivity index (χ0v) is 19.0. The highest BCUT2D eigenvalue weighted by molar-refractivity contribution is 9.10. The molecule has 0 fully saturated rings. The molecule has 0 spiro atoms. The number of carbonyl (C=O) groups is 1. The summed E-state index contributed by atoms with van der Waals surface area (Å²) in [4.78, 5) is 12.6. The molecule has 0 saturated heterocycles. The van der Waals surface area contributed by atoms with Gasteiger partial charge in [0.05, 0.1) is 10.5 Å². The number of nitriles is 1. The van der Waals surface area contributed by atoms with Crippen LogP contribution >= 0.6 is 15.9 Å². The summed E-state index contributed by atoms with van der Waals surface area (Å²) in [5, 5.41) is 12.4. The van der Waals surface area contributed by atoms with Gasteiger partial charge in [-0.15, -0.1) is 0 Å². The van der Waals surface area contributed by atoms with Crippen LogP contribution in [0, 0.1) is 18.3 Å². The van der Waals surface area contributed by atoms with Crippen molar-refractivity contribution in [3.63, 3.8) is 0 Å². The lowest BCUT2D eigenvalue weighted by atomic mass is 10.1. The fourth-order valence-electron chi connectivity index (χ4n) is 3.10. The van der Waals surface area contributed by atoms with E-state index < -0.39 is 5.91 Å². The molecule has 0 saturated carbocycles. The summed E-state index contributed by atoms with van der Waals surface area (Å²) < 4.78 is 6.66. The lowest BCUT2D eigenvalue weighted by molar-refractivity contribution is -0.117. The fraction of sp³-hybridized carbons (Fsp3) is 0.154. The van der Waals surface area contributed by atoms with Gasteiger partial charge in [-0.05, 0) is 64.7 Å². The van der Waals surface area contributed by atoms with Gasteiger partial charge in [0.2, 0.25) is 0 Å². The molecule has 0 aromatic heterocycles. The van der Waals surface area contributed by atoms with Crippen LogP contribution in [-0.4, -0.2) is 5.91 Å². The van der Waals surface area contributed by atoms with E-state index in [4.69, 9.17) is 4.74 Å². The zero-order valence-electron chi connectivity index (χ0n) is 17.4. The Morgan fingerprint density at radius 2 is 1.90 bits per heavy atom. The normalized spacial score (nSPS) is 12.0. The van der Waals surface area contributed by atoms with Crippen LogP contribution in [0.5, 0.6) is 5.75 Å². The van der Waals surface area contributed by atoms with Crippen LogP contribution in [0.1, 0.15) is 35.2 Å². The monoisotopic (exact) mass is 474 g/mol. The van der Waals surface area contributed by atoms with Gasteiger partial charge in [0, 0.05) is 0 Å². The van der Waals surface area contributed by atoms with E-state index in [1.54, 1.807) is 6.08 Å². The van der Waals surface area contributed by atoms with Crippen LogP contribution in [0.2, 0.25) is 0 Å². The first-order valence-corrected chi connectivity index (χ1v) is 10.7. The van der Waals surface area contributed by atoms with Gasteiger partial charge in [0.1, 0.15) is 24.0 Å². The van der Waals surface area contributed by atoms with Crippen molar-refractivity contribution in [2.45, 2.75) is 26.5 Å². The van der Waals surface area contributed by atoms with Gasteiger partial charge in [-0.25, -0.2) is 0 Å². The Morgan fingerprint density at radius 1 is 1.13 bits per heavy atom. The van der Waals surface area contributed by atoms with Crippen LogP contribution in [0.15, 0.2) is 82.8 Å². The van der Waals surface area contributed by atoms with E-state index in [9.17, 15) is 10.1 Å². The maximum absolute atomic E-state index is 12.6. The molecule has 4 nitrogen and oxygen atoms in total. The van der Waals surface area contributed by atoms with Crippen molar-refractivity contribution in [3.05, 3.63) is 105 Å². The highest BCUT2D eigenvalue weighted by Gasteiger charge is 2.14. The quantitative estimate of drug-likeness (QED) is 0.331. The van der Waals surface area contributed by atoms with E-state index in [0.29, 0.717) is 12.4 Å². The molecule has 0 aliphatic rings. The molecule has 156 valence electrons. The molecule has 31 heavy (non-hydrogen) atoms. The standard InChI is InChI=1S/C26H23BrN2O2/c1-18-7-6-8-21(13-18)17-31-25-12-11-20(15-24(25)27)14-23(16-28)26(30)29-19(2)22-9-4-3-5-10-22/h3-15,19H,17H2,1-2H3,(H,29,30)/b23-14-/t19-/m0/s1. The average Bonchev–Trinajstić information content (AvgIpc) is 2.77. The van der Waals surface area contributed by atoms with Crippen LogP contribution in [0.4, 0.5) is 0 Å². The van der Waals surface area contributed by atoms with Gasteiger partial charge in [-0.1, -0.05) is 66.2 Å². The molecule has 1 atom stereocenters. The summed E-state index contributed by atoms with van der Waals surface area (Å²) in [5.74, 6) is 0.286. The Hall–Kier alpha value is -3.36. The number of ether oxygens (including phenoxy) is 1. The molecule has 0 aliphatic heterocycles. The van der Waals surface area contributed by atoms with Gasteiger partial charge in [0.15, 0.2) is 0 Å². The molecule has 0 heterocycles. The van der Waals surface area contributed by atoms with Crippen LogP contribution in [0.3, 0.4) is 0 Å². The topological polar surface area (TPSA) is 62.1 Å². The minimum absolute atomic E-state index is 0.0445. The third-order valence-corrected chi connectivity index (χ3v) is 5.38. The van der Waals surface area contributed by atoms with Crippen LogP contribution in [0.25, 0.3) is 6.08 Å². The van der Waals surface area contributed by atoms with Gasteiger partial charge >= 0.3 is 0 Å².